The van der Waals surface area contributed by atoms with Gasteiger partial charge in [-0.3, -0.25) is 14.5 Å². The third-order valence-electron chi connectivity index (χ3n) is 5.67. The lowest BCUT2D eigenvalue weighted by atomic mass is 9.79. The Balaban J connectivity index is 1.44. The quantitative estimate of drug-likeness (QED) is 0.866. The summed E-state index contributed by atoms with van der Waals surface area (Å²) in [5.74, 6) is 0.755. The predicted molar refractivity (Wildman–Crippen MR) is 101 cm³/mol. The first kappa shape index (κ1) is 17.7. The fraction of sp³-hybridized carbons (Fsp3) is 0.450. The van der Waals surface area contributed by atoms with Gasteiger partial charge in [0, 0.05) is 30.3 Å². The van der Waals surface area contributed by atoms with Crippen LogP contribution in [0, 0.1) is 5.92 Å². The zero-order valence-electron chi connectivity index (χ0n) is 15.6. The maximum Gasteiger partial charge on any atom is 0.307 e. The summed E-state index contributed by atoms with van der Waals surface area (Å²) < 4.78 is 5.69. The van der Waals surface area contributed by atoms with Gasteiger partial charge in [-0.1, -0.05) is 0 Å². The van der Waals surface area contributed by atoms with Crippen LogP contribution in [0.1, 0.15) is 37.4 Å². The van der Waals surface area contributed by atoms with Crippen LogP contribution in [-0.2, 0) is 4.79 Å². The van der Waals surface area contributed by atoms with E-state index in [1.807, 2.05) is 12.1 Å². The Kier molecular flexibility index (Phi) is 4.70. The highest BCUT2D eigenvalue weighted by molar-refractivity contribution is 5.90. The van der Waals surface area contributed by atoms with Crippen LogP contribution in [0.15, 0.2) is 34.9 Å². The average Bonchev–Trinajstić information content (AvgIpc) is 3.15. The third kappa shape index (κ3) is 3.60. The van der Waals surface area contributed by atoms with Crippen LogP contribution in [0.5, 0.6) is 0 Å². The molecule has 5 rings (SSSR count). The van der Waals surface area contributed by atoms with Gasteiger partial charge < -0.3 is 15.1 Å². The maximum absolute atomic E-state index is 12.6. The number of aromatic nitrogens is 1. The number of amides is 2. The van der Waals surface area contributed by atoms with Crippen LogP contribution in [0.4, 0.5) is 5.69 Å². The van der Waals surface area contributed by atoms with E-state index in [4.69, 9.17) is 4.42 Å². The molecule has 3 aliphatic heterocycles. The number of oxazole rings is 1. The molecule has 2 atom stereocenters. The van der Waals surface area contributed by atoms with E-state index in [0.29, 0.717) is 23.4 Å². The van der Waals surface area contributed by atoms with E-state index >= 15 is 0 Å². The first-order chi connectivity index (χ1) is 13.0. The summed E-state index contributed by atoms with van der Waals surface area (Å²) in [4.78, 5) is 30.3. The van der Waals surface area contributed by atoms with E-state index in [2.05, 4.69) is 27.4 Å². The van der Waals surface area contributed by atoms with Crippen molar-refractivity contribution < 1.29 is 14.0 Å². The van der Waals surface area contributed by atoms with Crippen molar-refractivity contribution in [3.8, 4) is 11.3 Å². The van der Waals surface area contributed by atoms with E-state index in [-0.39, 0.29) is 23.7 Å². The molecule has 3 fully saturated rings. The number of carbonyl (C=O) groups excluding carboxylic acids is 2. The molecule has 0 saturated carbocycles. The highest BCUT2D eigenvalue weighted by Crippen LogP contribution is 2.32. The number of benzene rings is 1. The summed E-state index contributed by atoms with van der Waals surface area (Å²) in [5.41, 5.74) is 1.51. The van der Waals surface area contributed by atoms with Gasteiger partial charge in [-0.15, -0.1) is 0 Å². The van der Waals surface area contributed by atoms with Crippen molar-refractivity contribution in [1.29, 1.82) is 0 Å². The SMILES string of the molecule is CC(=O)Nc1ccc(-c2cnc(C(=O)N[C@@H]3C4CCN(CC4)[C@@H]3C)o2)cc1. The van der Waals surface area contributed by atoms with Crippen molar-refractivity contribution in [2.24, 2.45) is 5.92 Å². The van der Waals surface area contributed by atoms with E-state index in [0.717, 1.165) is 31.5 Å². The third-order valence-corrected chi connectivity index (χ3v) is 5.67. The van der Waals surface area contributed by atoms with E-state index in [1.54, 1.807) is 18.3 Å². The van der Waals surface area contributed by atoms with Crippen molar-refractivity contribution in [2.75, 3.05) is 18.4 Å². The minimum absolute atomic E-state index is 0.0829. The summed E-state index contributed by atoms with van der Waals surface area (Å²) in [7, 11) is 0. The summed E-state index contributed by atoms with van der Waals surface area (Å²) in [6.07, 6.45) is 3.82. The molecule has 0 unspecified atom stereocenters. The Morgan fingerprint density at radius 1 is 1.19 bits per heavy atom. The lowest BCUT2D eigenvalue weighted by Crippen LogP contribution is -2.62. The highest BCUT2D eigenvalue weighted by atomic mass is 16.4. The minimum atomic E-state index is -0.262. The molecule has 142 valence electrons. The zero-order chi connectivity index (χ0) is 19.0. The van der Waals surface area contributed by atoms with Gasteiger partial charge in [-0.05, 0) is 63.0 Å². The Morgan fingerprint density at radius 3 is 2.52 bits per heavy atom. The van der Waals surface area contributed by atoms with Gasteiger partial charge in [0.05, 0.1) is 6.20 Å². The van der Waals surface area contributed by atoms with Gasteiger partial charge in [0.15, 0.2) is 5.76 Å². The number of nitrogens with one attached hydrogen (secondary N) is 2. The normalized spacial score (nSPS) is 26.6. The number of anilines is 1. The lowest BCUT2D eigenvalue weighted by molar-refractivity contribution is -0.114. The number of hydrogen-bond donors (Lipinski definition) is 2. The molecule has 0 radical (unpaired) electrons. The monoisotopic (exact) mass is 368 g/mol. The number of piperidine rings is 3. The average molecular weight is 368 g/mol. The molecule has 27 heavy (non-hydrogen) atoms. The highest BCUT2D eigenvalue weighted by Gasteiger charge is 2.40. The summed E-state index contributed by atoms with van der Waals surface area (Å²) in [5, 5.41) is 5.84. The van der Waals surface area contributed by atoms with Crippen LogP contribution in [-0.4, -0.2) is 46.9 Å². The van der Waals surface area contributed by atoms with Crippen LogP contribution in [0.2, 0.25) is 0 Å². The zero-order valence-corrected chi connectivity index (χ0v) is 15.6. The smallest absolute Gasteiger partial charge is 0.307 e. The first-order valence-electron chi connectivity index (χ1n) is 9.40. The molecule has 1 aromatic carbocycles. The van der Waals surface area contributed by atoms with E-state index < -0.39 is 0 Å². The molecule has 0 aliphatic carbocycles. The second-order valence-electron chi connectivity index (χ2n) is 7.40. The molecule has 2 aromatic rings. The van der Waals surface area contributed by atoms with Gasteiger partial charge in [0.1, 0.15) is 0 Å². The van der Waals surface area contributed by atoms with Crippen molar-refractivity contribution in [1.82, 2.24) is 15.2 Å². The Morgan fingerprint density at radius 2 is 1.89 bits per heavy atom. The van der Waals surface area contributed by atoms with Crippen LogP contribution in [0.3, 0.4) is 0 Å². The van der Waals surface area contributed by atoms with Crippen LogP contribution >= 0.6 is 0 Å². The molecule has 7 heteroatoms. The van der Waals surface area contributed by atoms with Crippen molar-refractivity contribution >= 4 is 17.5 Å². The van der Waals surface area contributed by atoms with Gasteiger partial charge in [0.2, 0.25) is 5.91 Å². The number of hydrogen-bond acceptors (Lipinski definition) is 5. The van der Waals surface area contributed by atoms with Gasteiger partial charge >= 0.3 is 5.91 Å². The minimum Gasteiger partial charge on any atom is -0.432 e. The van der Waals surface area contributed by atoms with Gasteiger partial charge in [0.25, 0.3) is 5.89 Å². The number of rotatable bonds is 4. The number of carbonyl (C=O) groups is 2. The van der Waals surface area contributed by atoms with Crippen LogP contribution < -0.4 is 10.6 Å². The molecule has 4 heterocycles. The molecule has 7 nitrogen and oxygen atoms in total. The second kappa shape index (κ2) is 7.15. The molecular formula is C20H24N4O3. The standard InChI is InChI=1S/C20H24N4O3/c1-12-18(15-7-9-24(12)10-8-15)23-19(26)20-21-11-17(27-20)14-3-5-16(6-4-14)22-13(2)25/h3-6,11-12,15,18H,7-10H2,1-2H3,(H,22,25)(H,23,26)/t12-,18+/m1/s1. The summed E-state index contributed by atoms with van der Waals surface area (Å²) >= 11 is 0. The van der Waals surface area contributed by atoms with E-state index in [9.17, 15) is 9.59 Å². The maximum atomic E-state index is 12.6. The van der Waals surface area contributed by atoms with Crippen LogP contribution in [0.25, 0.3) is 11.3 Å². The molecule has 1 aromatic heterocycles. The predicted octanol–water partition coefficient (Wildman–Crippen LogP) is 2.51. The van der Waals surface area contributed by atoms with E-state index in [1.165, 1.54) is 6.92 Å². The number of nitrogens with zero attached hydrogens (tertiary/aromatic N) is 2. The summed E-state index contributed by atoms with van der Waals surface area (Å²) in [6, 6.07) is 7.71. The Labute approximate surface area is 158 Å². The number of fused-ring (bicyclic) bond motifs is 3. The molecule has 0 spiro atoms. The Bertz CT molecular complexity index is 835. The van der Waals surface area contributed by atoms with Crippen molar-refractivity contribution in [2.45, 2.75) is 38.8 Å². The van der Waals surface area contributed by atoms with Gasteiger partial charge in [-0.25, -0.2) is 4.98 Å². The fourth-order valence-corrected chi connectivity index (χ4v) is 4.19. The molecule has 2 bridgehead atoms. The second-order valence-corrected chi connectivity index (χ2v) is 7.40. The largest absolute Gasteiger partial charge is 0.432 e. The molecule has 2 N–H and O–H groups in total. The molecular weight excluding hydrogens is 344 g/mol. The molecule has 3 aliphatic rings. The topological polar surface area (TPSA) is 87.5 Å². The lowest BCUT2D eigenvalue weighted by Gasteiger charge is -2.49. The first-order valence-corrected chi connectivity index (χ1v) is 9.40. The Hall–Kier alpha value is -2.67. The summed E-state index contributed by atoms with van der Waals surface area (Å²) in [6.45, 7) is 5.88. The van der Waals surface area contributed by atoms with Gasteiger partial charge in [-0.2, -0.15) is 0 Å². The molecule has 2 amide bonds. The van der Waals surface area contributed by atoms with Crippen molar-refractivity contribution in [3.63, 3.8) is 0 Å². The fourth-order valence-electron chi connectivity index (χ4n) is 4.19. The molecule has 3 saturated heterocycles. The van der Waals surface area contributed by atoms with Crippen molar-refractivity contribution in [3.05, 3.63) is 36.4 Å².